The summed E-state index contributed by atoms with van der Waals surface area (Å²) in [6.45, 7) is 0. The molecule has 2 rings (SSSR count). The fraction of sp³-hybridized carbons (Fsp3) is 0.643. The number of rotatable bonds is 3. The Balaban J connectivity index is 0.00000200. The topological polar surface area (TPSA) is 23.6 Å². The number of likely N-dealkylation sites (N-methyl/N-ethyl adjacent to an activating group) is 2. The highest BCUT2D eigenvalue weighted by Crippen LogP contribution is 2.28. The lowest BCUT2D eigenvalue weighted by molar-refractivity contribution is 0.0549. The van der Waals surface area contributed by atoms with Gasteiger partial charge in [-0.1, -0.05) is 24.4 Å². The van der Waals surface area contributed by atoms with Crippen molar-refractivity contribution in [3.8, 4) is 0 Å². The number of halogens is 2. The molecule has 1 amide bonds. The number of carbonyl (C=O) groups excluding carboxylic acids is 1. The van der Waals surface area contributed by atoms with Crippen LogP contribution in [0, 0.1) is 0 Å². The van der Waals surface area contributed by atoms with Crippen LogP contribution in [-0.2, 0) is 0 Å². The second-order valence-electron chi connectivity index (χ2n) is 5.40. The molecule has 1 aromatic heterocycles. The van der Waals surface area contributed by atoms with Gasteiger partial charge in [-0.05, 0) is 39.1 Å². The molecular formula is C14H22Cl2N2OS. The van der Waals surface area contributed by atoms with E-state index in [4.69, 9.17) is 11.6 Å². The highest BCUT2D eigenvalue weighted by atomic mass is 35.5. The van der Waals surface area contributed by atoms with Crippen LogP contribution in [0.15, 0.2) is 12.1 Å². The zero-order valence-electron chi connectivity index (χ0n) is 12.1. The molecule has 1 aromatic rings. The van der Waals surface area contributed by atoms with E-state index in [0.717, 1.165) is 11.3 Å². The lowest BCUT2D eigenvalue weighted by atomic mass is 9.88. The van der Waals surface area contributed by atoms with Gasteiger partial charge in [0.05, 0.1) is 9.21 Å². The number of thiophene rings is 1. The minimum atomic E-state index is 0. The molecule has 1 saturated carbocycles. The van der Waals surface area contributed by atoms with Crippen LogP contribution in [0.4, 0.5) is 0 Å². The normalized spacial score (nSPS) is 22.4. The van der Waals surface area contributed by atoms with Crippen LogP contribution in [-0.4, -0.2) is 48.9 Å². The third kappa shape index (κ3) is 3.88. The number of hydrogen-bond donors (Lipinski definition) is 0. The number of nitrogens with zero attached hydrogens (tertiary/aromatic N) is 2. The number of carbonyl (C=O) groups is 1. The zero-order chi connectivity index (χ0) is 14.0. The summed E-state index contributed by atoms with van der Waals surface area (Å²) in [5, 5.41) is 0. The van der Waals surface area contributed by atoms with Gasteiger partial charge in [-0.3, -0.25) is 4.79 Å². The van der Waals surface area contributed by atoms with E-state index in [-0.39, 0.29) is 18.3 Å². The minimum Gasteiger partial charge on any atom is -0.336 e. The summed E-state index contributed by atoms with van der Waals surface area (Å²) < 4.78 is 0.671. The van der Waals surface area contributed by atoms with E-state index in [1.54, 1.807) is 6.07 Å². The third-order valence-electron chi connectivity index (χ3n) is 3.96. The van der Waals surface area contributed by atoms with E-state index in [1.165, 1.54) is 30.6 Å². The maximum absolute atomic E-state index is 12.5. The first kappa shape index (κ1) is 17.8. The Morgan fingerprint density at radius 1 is 1.20 bits per heavy atom. The molecule has 6 heteroatoms. The monoisotopic (exact) mass is 336 g/mol. The highest BCUT2D eigenvalue weighted by Gasteiger charge is 2.32. The molecule has 1 heterocycles. The van der Waals surface area contributed by atoms with Crippen molar-refractivity contribution in [3.05, 3.63) is 21.3 Å². The summed E-state index contributed by atoms with van der Waals surface area (Å²) in [5.41, 5.74) is 0. The average Bonchev–Trinajstić information content (AvgIpc) is 2.83. The summed E-state index contributed by atoms with van der Waals surface area (Å²) >= 11 is 7.27. The van der Waals surface area contributed by atoms with Crippen molar-refractivity contribution in [3.63, 3.8) is 0 Å². The van der Waals surface area contributed by atoms with Gasteiger partial charge in [0.15, 0.2) is 0 Å². The molecule has 1 aliphatic carbocycles. The van der Waals surface area contributed by atoms with Crippen LogP contribution in [0.3, 0.4) is 0 Å². The Labute approximate surface area is 136 Å². The van der Waals surface area contributed by atoms with Crippen LogP contribution >= 0.6 is 35.3 Å². The maximum Gasteiger partial charge on any atom is 0.264 e. The Morgan fingerprint density at radius 2 is 1.80 bits per heavy atom. The van der Waals surface area contributed by atoms with Crippen LogP contribution < -0.4 is 0 Å². The Hall–Kier alpha value is -0.290. The molecule has 0 N–H and O–H groups in total. The van der Waals surface area contributed by atoms with Crippen LogP contribution in [0.25, 0.3) is 0 Å². The summed E-state index contributed by atoms with van der Waals surface area (Å²) in [7, 11) is 6.12. The van der Waals surface area contributed by atoms with Crippen molar-refractivity contribution < 1.29 is 4.79 Å². The van der Waals surface area contributed by atoms with E-state index in [9.17, 15) is 4.79 Å². The second-order valence-corrected chi connectivity index (χ2v) is 7.12. The van der Waals surface area contributed by atoms with Gasteiger partial charge in [-0.15, -0.1) is 23.7 Å². The van der Waals surface area contributed by atoms with Crippen molar-refractivity contribution in [1.29, 1.82) is 0 Å². The standard InChI is InChI=1S/C14H21ClN2OS.ClH/c1-16(2)10-6-4-5-7-11(10)17(3)14(18)12-8-9-13(15)19-12;/h8-11H,4-7H2,1-3H3;1H/t10-,11-;/m1./s1. The van der Waals surface area contributed by atoms with Crippen molar-refractivity contribution in [2.75, 3.05) is 21.1 Å². The van der Waals surface area contributed by atoms with Crippen molar-refractivity contribution in [1.82, 2.24) is 9.80 Å². The first-order valence-corrected chi connectivity index (χ1v) is 7.89. The molecule has 0 aromatic carbocycles. The molecule has 3 nitrogen and oxygen atoms in total. The highest BCUT2D eigenvalue weighted by molar-refractivity contribution is 7.17. The molecular weight excluding hydrogens is 315 g/mol. The van der Waals surface area contributed by atoms with E-state index in [0.29, 0.717) is 16.4 Å². The van der Waals surface area contributed by atoms with Gasteiger partial charge in [-0.2, -0.15) is 0 Å². The summed E-state index contributed by atoms with van der Waals surface area (Å²) in [6.07, 6.45) is 4.72. The molecule has 0 aliphatic heterocycles. The van der Waals surface area contributed by atoms with Crippen LogP contribution in [0.5, 0.6) is 0 Å². The zero-order valence-corrected chi connectivity index (χ0v) is 14.5. The molecule has 0 bridgehead atoms. The predicted molar refractivity (Wildman–Crippen MR) is 88.4 cm³/mol. The Morgan fingerprint density at radius 3 is 2.30 bits per heavy atom. The van der Waals surface area contributed by atoms with Crippen molar-refractivity contribution in [2.45, 2.75) is 37.8 Å². The van der Waals surface area contributed by atoms with Gasteiger partial charge in [0.1, 0.15) is 0 Å². The molecule has 1 aliphatic rings. The maximum atomic E-state index is 12.5. The fourth-order valence-electron chi connectivity index (χ4n) is 2.90. The summed E-state index contributed by atoms with van der Waals surface area (Å²) in [6, 6.07) is 4.37. The molecule has 0 unspecified atom stereocenters. The Kier molecular flexibility index (Phi) is 6.79. The van der Waals surface area contributed by atoms with Crippen molar-refractivity contribution >= 4 is 41.3 Å². The van der Waals surface area contributed by atoms with E-state index < -0.39 is 0 Å². The molecule has 114 valence electrons. The molecule has 0 saturated heterocycles. The SMILES string of the molecule is CN(C)[C@@H]1CCCC[C@H]1N(C)C(=O)c1ccc(Cl)s1.Cl. The van der Waals surface area contributed by atoms with Gasteiger partial charge in [-0.25, -0.2) is 0 Å². The second kappa shape index (κ2) is 7.64. The Bertz CT molecular complexity index is 450. The third-order valence-corrected chi connectivity index (χ3v) is 5.18. The fourth-order valence-corrected chi connectivity index (χ4v) is 3.93. The van der Waals surface area contributed by atoms with E-state index in [2.05, 4.69) is 19.0 Å². The van der Waals surface area contributed by atoms with Gasteiger partial charge in [0.2, 0.25) is 0 Å². The molecule has 20 heavy (non-hydrogen) atoms. The van der Waals surface area contributed by atoms with E-state index in [1.807, 2.05) is 18.0 Å². The number of amides is 1. The molecule has 1 fully saturated rings. The molecule has 0 radical (unpaired) electrons. The lowest BCUT2D eigenvalue weighted by Gasteiger charge is -2.41. The predicted octanol–water partition coefficient (Wildman–Crippen LogP) is 3.77. The quantitative estimate of drug-likeness (QED) is 0.838. The van der Waals surface area contributed by atoms with Gasteiger partial charge < -0.3 is 9.80 Å². The summed E-state index contributed by atoms with van der Waals surface area (Å²) in [5.74, 6) is 0.0932. The van der Waals surface area contributed by atoms with Crippen LogP contribution in [0.1, 0.15) is 35.4 Å². The number of hydrogen-bond acceptors (Lipinski definition) is 3. The van der Waals surface area contributed by atoms with Gasteiger partial charge in [0, 0.05) is 19.1 Å². The average molecular weight is 337 g/mol. The summed E-state index contributed by atoms with van der Waals surface area (Å²) in [4.78, 5) is 17.4. The largest absolute Gasteiger partial charge is 0.336 e. The smallest absolute Gasteiger partial charge is 0.264 e. The van der Waals surface area contributed by atoms with Crippen LogP contribution in [0.2, 0.25) is 4.34 Å². The first-order valence-electron chi connectivity index (χ1n) is 6.69. The van der Waals surface area contributed by atoms with E-state index >= 15 is 0 Å². The molecule has 0 spiro atoms. The van der Waals surface area contributed by atoms with Crippen molar-refractivity contribution in [2.24, 2.45) is 0 Å². The van der Waals surface area contributed by atoms with Gasteiger partial charge >= 0.3 is 0 Å². The molecule has 2 atom stereocenters. The first-order chi connectivity index (χ1) is 9.00. The van der Waals surface area contributed by atoms with Gasteiger partial charge in [0.25, 0.3) is 5.91 Å². The lowest BCUT2D eigenvalue weighted by Crippen LogP contribution is -2.51. The minimum absolute atomic E-state index is 0.